The molecule has 0 spiro atoms. The number of nitrogens with two attached hydrogens (primary N) is 1. The number of benzene rings is 1. The van der Waals surface area contributed by atoms with Gasteiger partial charge in [-0.1, -0.05) is 11.6 Å². The van der Waals surface area contributed by atoms with Gasteiger partial charge in [-0.2, -0.15) is 26.7 Å². The fourth-order valence-electron chi connectivity index (χ4n) is 1.18. The van der Waals surface area contributed by atoms with Crippen molar-refractivity contribution in [3.8, 4) is 0 Å². The smallest absolute Gasteiger partial charge is 0.323 e. The molecule has 0 bridgehead atoms. The molecule has 0 aromatic heterocycles. The normalized spacial score (nSPS) is 13.4. The molecular formula is C9H9ClF3N3O2S. The number of rotatable bonds is 3. The molecule has 0 aliphatic carbocycles. The SMILES string of the molecule is C/C(=N\N)c1cc(Cl)ccc1NS(=O)(=O)C(F)(F)F. The number of hydrogen-bond donors (Lipinski definition) is 2. The molecule has 0 saturated heterocycles. The molecule has 0 fully saturated rings. The second-order valence-electron chi connectivity index (χ2n) is 3.46. The standard InChI is InChI=1S/C9H9ClF3N3O2S/c1-5(15-14)7-4-6(10)2-3-8(7)16-19(17,18)9(11,12)13/h2-4,16H,14H2,1H3/b15-5+. The van der Waals surface area contributed by atoms with E-state index in [0.717, 1.165) is 6.07 Å². The third-order valence-corrected chi connectivity index (χ3v) is 3.45. The van der Waals surface area contributed by atoms with Crippen LogP contribution in [-0.4, -0.2) is 19.6 Å². The van der Waals surface area contributed by atoms with Crippen molar-refractivity contribution in [3.05, 3.63) is 28.8 Å². The van der Waals surface area contributed by atoms with Crippen LogP contribution in [0.25, 0.3) is 0 Å². The maximum Gasteiger partial charge on any atom is 0.516 e. The summed E-state index contributed by atoms with van der Waals surface area (Å²) in [7, 11) is -5.52. The first-order valence-corrected chi connectivity index (χ1v) is 6.58. The van der Waals surface area contributed by atoms with Gasteiger partial charge in [-0.3, -0.25) is 4.72 Å². The van der Waals surface area contributed by atoms with E-state index in [1.807, 2.05) is 0 Å². The Morgan fingerprint density at radius 1 is 1.42 bits per heavy atom. The Hall–Kier alpha value is -1.48. The maximum atomic E-state index is 12.3. The molecule has 0 heterocycles. The number of sulfonamides is 1. The Balaban J connectivity index is 3.31. The van der Waals surface area contributed by atoms with Crippen molar-refractivity contribution < 1.29 is 21.6 Å². The number of hydrogen-bond acceptors (Lipinski definition) is 4. The highest BCUT2D eigenvalue weighted by molar-refractivity contribution is 7.93. The van der Waals surface area contributed by atoms with Gasteiger partial charge >= 0.3 is 15.5 Å². The molecule has 3 N–H and O–H groups in total. The van der Waals surface area contributed by atoms with Gasteiger partial charge in [-0.25, -0.2) is 0 Å². The second kappa shape index (κ2) is 5.25. The van der Waals surface area contributed by atoms with Crippen molar-refractivity contribution in [1.29, 1.82) is 0 Å². The molecule has 1 rings (SSSR count). The predicted molar refractivity (Wildman–Crippen MR) is 66.4 cm³/mol. The highest BCUT2D eigenvalue weighted by atomic mass is 35.5. The maximum absolute atomic E-state index is 12.3. The van der Waals surface area contributed by atoms with Crippen LogP contribution in [0.5, 0.6) is 0 Å². The third-order valence-electron chi connectivity index (χ3n) is 2.11. The summed E-state index contributed by atoms with van der Waals surface area (Å²) < 4.78 is 60.3. The molecule has 0 radical (unpaired) electrons. The van der Waals surface area contributed by atoms with Crippen LogP contribution in [0.3, 0.4) is 0 Å². The van der Waals surface area contributed by atoms with Gasteiger partial charge in [-0.15, -0.1) is 0 Å². The number of alkyl halides is 3. The minimum atomic E-state index is -5.52. The van der Waals surface area contributed by atoms with Gasteiger partial charge in [0.25, 0.3) is 0 Å². The van der Waals surface area contributed by atoms with Crippen LogP contribution in [0.4, 0.5) is 18.9 Å². The van der Waals surface area contributed by atoms with Gasteiger partial charge < -0.3 is 5.84 Å². The molecule has 0 unspecified atom stereocenters. The molecule has 0 saturated carbocycles. The zero-order chi connectivity index (χ0) is 14.8. The fraction of sp³-hybridized carbons (Fsp3) is 0.222. The van der Waals surface area contributed by atoms with Crippen molar-refractivity contribution in [3.63, 3.8) is 0 Å². The monoisotopic (exact) mass is 315 g/mol. The molecule has 1 aromatic rings. The third kappa shape index (κ3) is 3.51. The molecule has 0 amide bonds. The van der Waals surface area contributed by atoms with Gasteiger partial charge in [0.15, 0.2) is 0 Å². The van der Waals surface area contributed by atoms with E-state index in [-0.39, 0.29) is 22.0 Å². The number of anilines is 1. The van der Waals surface area contributed by atoms with Gasteiger partial charge in [-0.05, 0) is 25.1 Å². The number of nitrogens with zero attached hydrogens (tertiary/aromatic N) is 1. The minimum Gasteiger partial charge on any atom is -0.323 e. The Bertz CT molecular complexity index is 614. The molecule has 0 aliphatic rings. The van der Waals surface area contributed by atoms with Crippen LogP contribution in [0.15, 0.2) is 23.3 Å². The summed E-state index contributed by atoms with van der Waals surface area (Å²) in [6.45, 7) is 1.40. The molecule has 106 valence electrons. The van der Waals surface area contributed by atoms with Crippen molar-refractivity contribution in [1.82, 2.24) is 0 Å². The van der Waals surface area contributed by atoms with Gasteiger partial charge in [0, 0.05) is 10.6 Å². The van der Waals surface area contributed by atoms with Gasteiger partial charge in [0.05, 0.1) is 11.4 Å². The Kier molecular flexibility index (Phi) is 4.31. The number of halogens is 4. The lowest BCUT2D eigenvalue weighted by molar-refractivity contribution is -0.0429. The van der Waals surface area contributed by atoms with Crippen LogP contribution >= 0.6 is 11.6 Å². The van der Waals surface area contributed by atoms with Gasteiger partial charge in [0.1, 0.15) is 0 Å². The Morgan fingerprint density at radius 2 is 2.00 bits per heavy atom. The summed E-state index contributed by atoms with van der Waals surface area (Å²) in [6.07, 6.45) is 0. The molecule has 5 nitrogen and oxygen atoms in total. The summed E-state index contributed by atoms with van der Waals surface area (Å²) in [5.74, 6) is 5.02. The van der Waals surface area contributed by atoms with E-state index in [0.29, 0.717) is 0 Å². The van der Waals surface area contributed by atoms with E-state index in [1.165, 1.54) is 23.8 Å². The van der Waals surface area contributed by atoms with Crippen LogP contribution in [0.2, 0.25) is 5.02 Å². The molecular weight excluding hydrogens is 307 g/mol. The van der Waals surface area contributed by atoms with E-state index in [1.54, 1.807) is 0 Å². The predicted octanol–water partition coefficient (Wildman–Crippen LogP) is 2.28. The Morgan fingerprint density at radius 3 is 2.47 bits per heavy atom. The minimum absolute atomic E-state index is 0.0582. The van der Waals surface area contributed by atoms with Crippen LogP contribution in [-0.2, 0) is 10.0 Å². The largest absolute Gasteiger partial charge is 0.516 e. The topological polar surface area (TPSA) is 84.5 Å². The number of nitrogens with one attached hydrogen (secondary N) is 1. The first-order valence-electron chi connectivity index (χ1n) is 4.72. The fourth-order valence-corrected chi connectivity index (χ4v) is 1.93. The lowest BCUT2D eigenvalue weighted by Crippen LogP contribution is -2.30. The molecule has 0 aliphatic heterocycles. The molecule has 0 atom stereocenters. The van der Waals surface area contributed by atoms with Crippen molar-refractivity contribution in [2.75, 3.05) is 4.72 Å². The van der Waals surface area contributed by atoms with E-state index in [2.05, 4.69) is 5.10 Å². The van der Waals surface area contributed by atoms with E-state index < -0.39 is 15.5 Å². The summed E-state index contributed by atoms with van der Waals surface area (Å²) in [6, 6.07) is 3.58. The molecule has 19 heavy (non-hydrogen) atoms. The van der Waals surface area contributed by atoms with Crippen LogP contribution in [0.1, 0.15) is 12.5 Å². The van der Waals surface area contributed by atoms with Crippen molar-refractivity contribution in [2.45, 2.75) is 12.4 Å². The van der Waals surface area contributed by atoms with Crippen molar-refractivity contribution >= 4 is 33.0 Å². The summed E-state index contributed by atoms with van der Waals surface area (Å²) in [5.41, 5.74) is -5.55. The summed E-state index contributed by atoms with van der Waals surface area (Å²) in [5, 5.41) is 3.50. The first-order chi connectivity index (χ1) is 8.58. The average Bonchev–Trinajstić information content (AvgIpc) is 2.28. The van der Waals surface area contributed by atoms with E-state index in [9.17, 15) is 21.6 Å². The zero-order valence-corrected chi connectivity index (χ0v) is 11.1. The van der Waals surface area contributed by atoms with Crippen LogP contribution in [0, 0.1) is 0 Å². The average molecular weight is 316 g/mol. The van der Waals surface area contributed by atoms with E-state index >= 15 is 0 Å². The summed E-state index contributed by atoms with van der Waals surface area (Å²) in [4.78, 5) is 0. The quantitative estimate of drug-likeness (QED) is 0.510. The lowest BCUT2D eigenvalue weighted by atomic mass is 10.1. The van der Waals surface area contributed by atoms with E-state index in [4.69, 9.17) is 17.4 Å². The highest BCUT2D eigenvalue weighted by Gasteiger charge is 2.46. The second-order valence-corrected chi connectivity index (χ2v) is 5.57. The van der Waals surface area contributed by atoms with Crippen LogP contribution < -0.4 is 10.6 Å². The first kappa shape index (κ1) is 15.6. The van der Waals surface area contributed by atoms with Gasteiger partial charge in [0.2, 0.25) is 0 Å². The number of hydrazone groups is 1. The summed E-state index contributed by atoms with van der Waals surface area (Å²) >= 11 is 5.68. The Labute approximate surface area is 112 Å². The highest BCUT2D eigenvalue weighted by Crippen LogP contribution is 2.28. The lowest BCUT2D eigenvalue weighted by Gasteiger charge is -2.14. The van der Waals surface area contributed by atoms with Crippen molar-refractivity contribution in [2.24, 2.45) is 10.9 Å². The molecule has 10 heteroatoms. The zero-order valence-electron chi connectivity index (χ0n) is 9.49. The molecule has 1 aromatic carbocycles.